The normalized spacial score (nSPS) is 11.8. The minimum Gasteiger partial charge on any atom is -0.492 e. The number of para-hydroxylation sites is 2. The van der Waals surface area contributed by atoms with Crippen LogP contribution < -0.4 is 15.4 Å². The first-order valence-corrected chi connectivity index (χ1v) is 9.98. The number of aryl methyl sites for hydroxylation is 1. The lowest BCUT2D eigenvalue weighted by Crippen LogP contribution is -2.22. The molecule has 1 unspecified atom stereocenters. The van der Waals surface area contributed by atoms with Crippen LogP contribution in [0.2, 0.25) is 0 Å². The van der Waals surface area contributed by atoms with Crippen LogP contribution in [0.15, 0.2) is 39.2 Å². The van der Waals surface area contributed by atoms with E-state index in [0.29, 0.717) is 27.7 Å². The SMILES string of the molecule is CCOc1ccccc1Nc1nnc(SC(C)C(=O)Nc2cc(C)on2)s1. The number of rotatable bonds is 8. The number of nitrogens with zero attached hydrogens (tertiary/aromatic N) is 3. The number of carbonyl (C=O) groups is 1. The van der Waals surface area contributed by atoms with E-state index in [-0.39, 0.29) is 11.2 Å². The van der Waals surface area contributed by atoms with Crippen LogP contribution in [-0.4, -0.2) is 33.1 Å². The largest absolute Gasteiger partial charge is 0.492 e. The van der Waals surface area contributed by atoms with Crippen LogP contribution in [0.5, 0.6) is 5.75 Å². The number of anilines is 3. The maximum absolute atomic E-state index is 12.3. The molecule has 8 nitrogen and oxygen atoms in total. The zero-order valence-corrected chi connectivity index (χ0v) is 16.7. The van der Waals surface area contributed by atoms with E-state index in [1.807, 2.05) is 31.2 Å². The minimum absolute atomic E-state index is 0.181. The minimum atomic E-state index is -0.362. The number of hydrogen-bond donors (Lipinski definition) is 2. The van der Waals surface area contributed by atoms with Crippen molar-refractivity contribution in [3.05, 3.63) is 36.1 Å². The predicted octanol–water partition coefficient (Wildman–Crippen LogP) is 4.10. The summed E-state index contributed by atoms with van der Waals surface area (Å²) in [5.41, 5.74) is 0.819. The van der Waals surface area contributed by atoms with Crippen molar-refractivity contribution in [1.82, 2.24) is 15.4 Å². The van der Waals surface area contributed by atoms with Crippen LogP contribution in [0.4, 0.5) is 16.6 Å². The van der Waals surface area contributed by atoms with Crippen LogP contribution >= 0.6 is 23.1 Å². The summed E-state index contributed by atoms with van der Waals surface area (Å²) in [4.78, 5) is 12.3. The first-order valence-electron chi connectivity index (χ1n) is 8.28. The molecule has 1 amide bonds. The molecule has 1 aromatic carbocycles. The van der Waals surface area contributed by atoms with E-state index in [1.54, 1.807) is 19.9 Å². The van der Waals surface area contributed by atoms with Gasteiger partial charge in [0.25, 0.3) is 0 Å². The van der Waals surface area contributed by atoms with Gasteiger partial charge in [-0.25, -0.2) is 0 Å². The molecule has 0 saturated heterocycles. The van der Waals surface area contributed by atoms with Gasteiger partial charge in [-0.2, -0.15) is 0 Å². The first kappa shape index (κ1) is 19.2. The summed E-state index contributed by atoms with van der Waals surface area (Å²) in [5.74, 6) is 1.61. The van der Waals surface area contributed by atoms with Crippen molar-refractivity contribution in [2.24, 2.45) is 0 Å². The molecule has 142 valence electrons. The smallest absolute Gasteiger partial charge is 0.238 e. The molecule has 2 N–H and O–H groups in total. The molecule has 1 atom stereocenters. The Hall–Kier alpha value is -2.59. The fraction of sp³-hybridized carbons (Fsp3) is 0.294. The molecule has 0 fully saturated rings. The molecule has 0 aliphatic heterocycles. The molecular weight excluding hydrogens is 386 g/mol. The third-order valence-corrected chi connectivity index (χ3v) is 5.38. The van der Waals surface area contributed by atoms with E-state index < -0.39 is 0 Å². The highest BCUT2D eigenvalue weighted by atomic mass is 32.2. The zero-order valence-electron chi connectivity index (χ0n) is 15.1. The van der Waals surface area contributed by atoms with Gasteiger partial charge in [0.05, 0.1) is 17.5 Å². The van der Waals surface area contributed by atoms with E-state index in [0.717, 1.165) is 11.4 Å². The molecule has 0 bridgehead atoms. The van der Waals surface area contributed by atoms with Crippen LogP contribution in [0.1, 0.15) is 19.6 Å². The molecule has 0 spiro atoms. The van der Waals surface area contributed by atoms with Crippen LogP contribution in [0.3, 0.4) is 0 Å². The Morgan fingerprint density at radius 3 is 2.93 bits per heavy atom. The van der Waals surface area contributed by atoms with Gasteiger partial charge in [0.15, 0.2) is 10.2 Å². The number of benzene rings is 1. The van der Waals surface area contributed by atoms with Gasteiger partial charge in [-0.1, -0.05) is 40.4 Å². The maximum atomic E-state index is 12.3. The van der Waals surface area contributed by atoms with Gasteiger partial charge in [-0.3, -0.25) is 4.79 Å². The lowest BCUT2D eigenvalue weighted by atomic mass is 10.3. The average Bonchev–Trinajstić information content (AvgIpc) is 3.25. The first-order chi connectivity index (χ1) is 13.0. The Labute approximate surface area is 164 Å². The summed E-state index contributed by atoms with van der Waals surface area (Å²) in [6.07, 6.45) is 0. The van der Waals surface area contributed by atoms with Crippen molar-refractivity contribution >= 4 is 45.6 Å². The second-order valence-corrected chi connectivity index (χ2v) is 8.06. The average molecular weight is 406 g/mol. The van der Waals surface area contributed by atoms with Crippen molar-refractivity contribution in [1.29, 1.82) is 0 Å². The number of aromatic nitrogens is 3. The molecule has 0 aliphatic carbocycles. The Morgan fingerprint density at radius 1 is 1.37 bits per heavy atom. The topological polar surface area (TPSA) is 102 Å². The molecule has 2 aromatic heterocycles. The number of ether oxygens (including phenoxy) is 1. The van der Waals surface area contributed by atoms with Crippen molar-refractivity contribution in [2.45, 2.75) is 30.4 Å². The monoisotopic (exact) mass is 405 g/mol. The van der Waals surface area contributed by atoms with Crippen molar-refractivity contribution in [3.8, 4) is 5.75 Å². The van der Waals surface area contributed by atoms with Gasteiger partial charge in [-0.15, -0.1) is 10.2 Å². The van der Waals surface area contributed by atoms with Crippen molar-refractivity contribution < 1.29 is 14.1 Å². The lowest BCUT2D eigenvalue weighted by molar-refractivity contribution is -0.115. The second-order valence-electron chi connectivity index (χ2n) is 5.50. The van der Waals surface area contributed by atoms with E-state index in [9.17, 15) is 4.79 Å². The Bertz CT molecular complexity index is 911. The molecular formula is C17H19N5O3S2. The molecule has 0 saturated carbocycles. The summed E-state index contributed by atoms with van der Waals surface area (Å²) in [5, 5.41) is 18.2. The highest BCUT2D eigenvalue weighted by Crippen LogP contribution is 2.33. The van der Waals surface area contributed by atoms with E-state index in [2.05, 4.69) is 26.0 Å². The number of hydrogen-bond acceptors (Lipinski definition) is 9. The standard InChI is InChI=1S/C17H19N5O3S2/c1-4-24-13-8-6-5-7-12(13)18-16-20-21-17(27-16)26-11(3)15(23)19-14-9-10(2)25-22-14/h5-9,11H,4H2,1-3H3,(H,18,20)(H,19,22,23). The Kier molecular flexibility index (Phi) is 6.30. The summed E-state index contributed by atoms with van der Waals surface area (Å²) >= 11 is 2.70. The molecule has 3 aromatic rings. The number of nitrogens with one attached hydrogen (secondary N) is 2. The quantitative estimate of drug-likeness (QED) is 0.540. The molecule has 0 aliphatic rings. The number of carbonyl (C=O) groups excluding carboxylic acids is 1. The Balaban J connectivity index is 1.59. The van der Waals surface area contributed by atoms with E-state index >= 15 is 0 Å². The number of amides is 1. The zero-order chi connectivity index (χ0) is 19.2. The van der Waals surface area contributed by atoms with Crippen LogP contribution in [0, 0.1) is 6.92 Å². The van der Waals surface area contributed by atoms with Crippen molar-refractivity contribution in [3.63, 3.8) is 0 Å². The molecule has 0 radical (unpaired) electrons. The van der Waals surface area contributed by atoms with Crippen molar-refractivity contribution in [2.75, 3.05) is 17.2 Å². The predicted molar refractivity (Wildman–Crippen MR) is 106 cm³/mol. The lowest BCUT2D eigenvalue weighted by Gasteiger charge is -2.09. The summed E-state index contributed by atoms with van der Waals surface area (Å²) in [7, 11) is 0. The number of thioether (sulfide) groups is 1. The van der Waals surface area contributed by atoms with Crippen LogP contribution in [-0.2, 0) is 4.79 Å². The van der Waals surface area contributed by atoms with E-state index in [1.165, 1.54) is 23.1 Å². The molecule has 3 rings (SSSR count). The van der Waals surface area contributed by atoms with Gasteiger partial charge in [0.2, 0.25) is 11.0 Å². The van der Waals surface area contributed by atoms with Gasteiger partial charge in [-0.05, 0) is 32.9 Å². The molecule has 10 heteroatoms. The highest BCUT2D eigenvalue weighted by molar-refractivity contribution is 8.02. The molecule has 2 heterocycles. The van der Waals surface area contributed by atoms with Gasteiger partial charge in [0.1, 0.15) is 11.5 Å². The third kappa shape index (κ3) is 5.20. The third-order valence-electron chi connectivity index (χ3n) is 3.36. The van der Waals surface area contributed by atoms with E-state index in [4.69, 9.17) is 9.26 Å². The summed E-state index contributed by atoms with van der Waals surface area (Å²) < 4.78 is 11.2. The fourth-order valence-electron chi connectivity index (χ4n) is 2.13. The maximum Gasteiger partial charge on any atom is 0.238 e. The highest BCUT2D eigenvalue weighted by Gasteiger charge is 2.19. The van der Waals surface area contributed by atoms with Gasteiger partial charge < -0.3 is 19.9 Å². The second kappa shape index (κ2) is 8.87. The fourth-order valence-corrected chi connectivity index (χ4v) is 4.04. The van der Waals surface area contributed by atoms with Gasteiger partial charge in [0, 0.05) is 6.07 Å². The van der Waals surface area contributed by atoms with Gasteiger partial charge >= 0.3 is 0 Å². The summed E-state index contributed by atoms with van der Waals surface area (Å²) in [6.45, 7) is 6.07. The molecule has 27 heavy (non-hydrogen) atoms. The van der Waals surface area contributed by atoms with Crippen LogP contribution in [0.25, 0.3) is 0 Å². The Morgan fingerprint density at radius 2 is 2.19 bits per heavy atom. The summed E-state index contributed by atoms with van der Waals surface area (Å²) in [6, 6.07) is 9.29.